The van der Waals surface area contributed by atoms with E-state index in [0.29, 0.717) is 6.04 Å². The first-order chi connectivity index (χ1) is 10.4. The summed E-state index contributed by atoms with van der Waals surface area (Å²) >= 11 is 1.83. The van der Waals surface area contributed by atoms with Crippen molar-refractivity contribution in [3.05, 3.63) is 59.1 Å². The molecular formula is C18H18N2S. The highest BCUT2D eigenvalue weighted by Gasteiger charge is 2.17. The number of rotatable bonds is 3. The van der Waals surface area contributed by atoms with Crippen LogP contribution in [0.3, 0.4) is 0 Å². The standard InChI is InChI=1S/C18H18N2S/c1-2-6-15-13(5-1)9-10-14(19-15)11-12-18-20-16-7-3-4-8-17(16)21-18/h1-8,14,19H,9-12H2. The highest BCUT2D eigenvalue weighted by molar-refractivity contribution is 7.18. The fourth-order valence-electron chi connectivity index (χ4n) is 3.04. The van der Waals surface area contributed by atoms with Crippen molar-refractivity contribution in [2.24, 2.45) is 0 Å². The summed E-state index contributed by atoms with van der Waals surface area (Å²) in [6, 6.07) is 17.6. The molecule has 1 aromatic heterocycles. The second-order valence-corrected chi connectivity index (χ2v) is 6.77. The Balaban J connectivity index is 1.43. The molecule has 3 aromatic rings. The van der Waals surface area contributed by atoms with E-state index in [1.807, 2.05) is 11.3 Å². The van der Waals surface area contributed by atoms with E-state index < -0.39 is 0 Å². The summed E-state index contributed by atoms with van der Waals surface area (Å²) in [6.45, 7) is 0. The smallest absolute Gasteiger partial charge is 0.0939 e. The monoisotopic (exact) mass is 294 g/mol. The molecule has 2 nitrogen and oxygen atoms in total. The largest absolute Gasteiger partial charge is 0.382 e. The molecule has 1 unspecified atom stereocenters. The summed E-state index contributed by atoms with van der Waals surface area (Å²) in [5.74, 6) is 0. The summed E-state index contributed by atoms with van der Waals surface area (Å²) in [4.78, 5) is 4.73. The highest BCUT2D eigenvalue weighted by atomic mass is 32.1. The lowest BCUT2D eigenvalue weighted by Crippen LogP contribution is -2.25. The summed E-state index contributed by atoms with van der Waals surface area (Å²) in [5.41, 5.74) is 3.91. The molecular weight excluding hydrogens is 276 g/mol. The minimum Gasteiger partial charge on any atom is -0.382 e. The van der Waals surface area contributed by atoms with Gasteiger partial charge in [-0.15, -0.1) is 11.3 Å². The lowest BCUT2D eigenvalue weighted by atomic mass is 9.95. The van der Waals surface area contributed by atoms with Crippen LogP contribution in [0.25, 0.3) is 10.2 Å². The zero-order valence-electron chi connectivity index (χ0n) is 11.9. The first-order valence-corrected chi connectivity index (χ1v) is 8.39. The van der Waals surface area contributed by atoms with Gasteiger partial charge in [0.2, 0.25) is 0 Å². The summed E-state index contributed by atoms with van der Waals surface area (Å²) in [7, 11) is 0. The maximum absolute atomic E-state index is 4.73. The van der Waals surface area contributed by atoms with Crippen LogP contribution in [0.15, 0.2) is 48.5 Å². The lowest BCUT2D eigenvalue weighted by molar-refractivity contribution is 0.586. The van der Waals surface area contributed by atoms with Gasteiger partial charge in [-0.2, -0.15) is 0 Å². The number of thiazole rings is 1. The van der Waals surface area contributed by atoms with Crippen LogP contribution in [-0.4, -0.2) is 11.0 Å². The summed E-state index contributed by atoms with van der Waals surface area (Å²) < 4.78 is 1.30. The van der Waals surface area contributed by atoms with E-state index in [9.17, 15) is 0 Å². The molecule has 106 valence electrons. The Hall–Kier alpha value is -1.87. The normalized spacial score (nSPS) is 17.4. The van der Waals surface area contributed by atoms with E-state index in [1.54, 1.807) is 0 Å². The van der Waals surface area contributed by atoms with Crippen LogP contribution in [0.5, 0.6) is 0 Å². The zero-order valence-corrected chi connectivity index (χ0v) is 12.7. The number of benzene rings is 2. The van der Waals surface area contributed by atoms with Crippen LogP contribution in [-0.2, 0) is 12.8 Å². The second kappa shape index (κ2) is 5.49. The molecule has 1 aliphatic rings. The topological polar surface area (TPSA) is 24.9 Å². The van der Waals surface area contributed by atoms with Crippen LogP contribution in [0, 0.1) is 0 Å². The third-order valence-corrected chi connectivity index (χ3v) is 5.28. The zero-order chi connectivity index (χ0) is 14.1. The van der Waals surface area contributed by atoms with Crippen molar-refractivity contribution in [1.29, 1.82) is 0 Å². The van der Waals surface area contributed by atoms with Crippen molar-refractivity contribution in [2.75, 3.05) is 5.32 Å². The first-order valence-electron chi connectivity index (χ1n) is 7.57. The Kier molecular flexibility index (Phi) is 3.36. The van der Waals surface area contributed by atoms with Crippen LogP contribution < -0.4 is 5.32 Å². The number of para-hydroxylation sites is 2. The van der Waals surface area contributed by atoms with Gasteiger partial charge < -0.3 is 5.32 Å². The number of hydrogen-bond donors (Lipinski definition) is 1. The number of aromatic nitrogens is 1. The van der Waals surface area contributed by atoms with Crippen molar-refractivity contribution >= 4 is 27.2 Å². The van der Waals surface area contributed by atoms with E-state index in [0.717, 1.165) is 18.4 Å². The second-order valence-electron chi connectivity index (χ2n) is 5.65. The number of nitrogens with zero attached hydrogens (tertiary/aromatic N) is 1. The molecule has 1 atom stereocenters. The van der Waals surface area contributed by atoms with Crippen LogP contribution in [0.2, 0.25) is 0 Å². The van der Waals surface area contributed by atoms with Gasteiger partial charge in [0, 0.05) is 18.2 Å². The molecule has 2 heterocycles. The molecule has 0 saturated carbocycles. The van der Waals surface area contributed by atoms with Gasteiger partial charge in [-0.3, -0.25) is 0 Å². The maximum atomic E-state index is 4.73. The fraction of sp³-hybridized carbons (Fsp3) is 0.278. The number of fused-ring (bicyclic) bond motifs is 2. The van der Waals surface area contributed by atoms with Gasteiger partial charge in [-0.05, 0) is 43.0 Å². The molecule has 2 aromatic carbocycles. The number of hydrogen-bond acceptors (Lipinski definition) is 3. The number of aryl methyl sites for hydroxylation is 2. The molecule has 3 heteroatoms. The SMILES string of the molecule is c1ccc2c(c1)CCC(CCc1nc3ccccc3s1)N2. The fourth-order valence-corrected chi connectivity index (χ4v) is 4.02. The van der Waals surface area contributed by atoms with E-state index in [1.165, 1.54) is 33.8 Å². The van der Waals surface area contributed by atoms with E-state index in [4.69, 9.17) is 4.98 Å². The highest BCUT2D eigenvalue weighted by Crippen LogP contribution is 2.27. The third kappa shape index (κ3) is 2.66. The van der Waals surface area contributed by atoms with Gasteiger partial charge in [0.05, 0.1) is 15.2 Å². The Morgan fingerprint density at radius 3 is 2.90 bits per heavy atom. The van der Waals surface area contributed by atoms with Gasteiger partial charge in [-0.25, -0.2) is 4.98 Å². The van der Waals surface area contributed by atoms with Gasteiger partial charge in [0.1, 0.15) is 0 Å². The van der Waals surface area contributed by atoms with Gasteiger partial charge in [0.15, 0.2) is 0 Å². The van der Waals surface area contributed by atoms with Crippen molar-refractivity contribution in [1.82, 2.24) is 4.98 Å². The molecule has 0 bridgehead atoms. The maximum Gasteiger partial charge on any atom is 0.0939 e. The molecule has 0 spiro atoms. The number of nitrogens with one attached hydrogen (secondary N) is 1. The average Bonchev–Trinajstić information content (AvgIpc) is 2.95. The van der Waals surface area contributed by atoms with E-state index in [2.05, 4.69) is 53.8 Å². The van der Waals surface area contributed by atoms with Crippen LogP contribution in [0.1, 0.15) is 23.4 Å². The van der Waals surface area contributed by atoms with E-state index >= 15 is 0 Å². The first kappa shape index (κ1) is 12.8. The third-order valence-electron chi connectivity index (χ3n) is 4.18. The predicted octanol–water partition coefficient (Wildman–Crippen LogP) is 4.66. The van der Waals surface area contributed by atoms with Crippen molar-refractivity contribution in [3.8, 4) is 0 Å². The molecule has 0 amide bonds. The molecule has 0 fully saturated rings. The molecule has 0 saturated heterocycles. The Morgan fingerprint density at radius 2 is 1.95 bits per heavy atom. The predicted molar refractivity (Wildman–Crippen MR) is 90.1 cm³/mol. The average molecular weight is 294 g/mol. The number of anilines is 1. The Morgan fingerprint density at radius 1 is 1.10 bits per heavy atom. The molecule has 21 heavy (non-hydrogen) atoms. The molecule has 0 radical (unpaired) electrons. The Labute approximate surface area is 128 Å². The van der Waals surface area contributed by atoms with Crippen molar-refractivity contribution in [2.45, 2.75) is 31.7 Å². The minimum absolute atomic E-state index is 0.576. The van der Waals surface area contributed by atoms with Gasteiger partial charge in [-0.1, -0.05) is 30.3 Å². The summed E-state index contributed by atoms with van der Waals surface area (Å²) in [5, 5.41) is 4.94. The molecule has 1 N–H and O–H groups in total. The minimum atomic E-state index is 0.576. The van der Waals surface area contributed by atoms with Crippen LogP contribution >= 0.6 is 11.3 Å². The molecule has 0 aliphatic carbocycles. The Bertz CT molecular complexity index is 730. The van der Waals surface area contributed by atoms with Crippen molar-refractivity contribution < 1.29 is 0 Å². The lowest BCUT2D eigenvalue weighted by Gasteiger charge is -2.26. The molecule has 1 aliphatic heterocycles. The van der Waals surface area contributed by atoms with E-state index in [-0.39, 0.29) is 0 Å². The summed E-state index contributed by atoms with van der Waals surface area (Å²) in [6.07, 6.45) is 4.64. The quantitative estimate of drug-likeness (QED) is 0.760. The van der Waals surface area contributed by atoms with Gasteiger partial charge in [0.25, 0.3) is 0 Å². The molecule has 4 rings (SSSR count). The van der Waals surface area contributed by atoms with Crippen LogP contribution in [0.4, 0.5) is 5.69 Å². The van der Waals surface area contributed by atoms with Gasteiger partial charge >= 0.3 is 0 Å². The van der Waals surface area contributed by atoms with Crippen molar-refractivity contribution in [3.63, 3.8) is 0 Å².